The first-order valence-electron chi connectivity index (χ1n) is 16.2. The fourth-order valence-corrected chi connectivity index (χ4v) is 6.70. The highest BCUT2D eigenvalue weighted by Gasteiger charge is 2.37. The van der Waals surface area contributed by atoms with Crippen molar-refractivity contribution >= 4 is 11.6 Å². The number of carbonyl (C=O) groups excluding carboxylic acids is 1. The largest absolute Gasteiger partial charge is 0.497 e. The molecule has 0 spiro atoms. The molecule has 9 heteroatoms. The van der Waals surface area contributed by atoms with Crippen LogP contribution in [0.2, 0.25) is 0 Å². The standard InChI is InChI=1S/C35H51N3O6/c1-35(2,34(39)37-22-29-7-5-17-42-29)21-27-20-30(26-9-11-28(41-4)12-10-26)33(23-36-27)44-24-25-8-13-32-31(19-25)38(15-18-43-32)14-6-16-40-3/h8-13,19,27,29-30,33,36H,5-7,14-18,20-24H2,1-4H3,(H,37,39)/t27-,29?,30?,33-/m0/s1. The van der Waals surface area contributed by atoms with Gasteiger partial charge in [-0.05, 0) is 67.5 Å². The lowest BCUT2D eigenvalue weighted by molar-refractivity contribution is -0.130. The van der Waals surface area contributed by atoms with Crippen molar-refractivity contribution < 1.29 is 28.5 Å². The predicted molar refractivity (Wildman–Crippen MR) is 172 cm³/mol. The van der Waals surface area contributed by atoms with E-state index in [1.165, 1.54) is 5.56 Å². The van der Waals surface area contributed by atoms with Gasteiger partial charge in [0.1, 0.15) is 18.1 Å². The molecule has 2 saturated heterocycles. The Labute approximate surface area is 262 Å². The summed E-state index contributed by atoms with van der Waals surface area (Å²) in [5.41, 5.74) is 2.98. The van der Waals surface area contributed by atoms with E-state index >= 15 is 0 Å². The smallest absolute Gasteiger partial charge is 0.225 e. The van der Waals surface area contributed by atoms with E-state index in [9.17, 15) is 4.79 Å². The number of piperidine rings is 1. The Morgan fingerprint density at radius 3 is 2.73 bits per heavy atom. The molecule has 2 aromatic rings. The summed E-state index contributed by atoms with van der Waals surface area (Å²) in [5.74, 6) is 2.04. The normalized spacial score (nSPS) is 23.6. The Balaban J connectivity index is 1.24. The molecule has 0 aromatic heterocycles. The monoisotopic (exact) mass is 609 g/mol. The van der Waals surface area contributed by atoms with Crippen LogP contribution in [0.3, 0.4) is 0 Å². The second-order valence-electron chi connectivity index (χ2n) is 13.0. The number of carbonyl (C=O) groups is 1. The lowest BCUT2D eigenvalue weighted by atomic mass is 9.77. The highest BCUT2D eigenvalue weighted by Crippen LogP contribution is 2.37. The molecule has 4 atom stereocenters. The molecule has 9 nitrogen and oxygen atoms in total. The minimum atomic E-state index is -0.505. The fourth-order valence-electron chi connectivity index (χ4n) is 6.70. The third-order valence-corrected chi connectivity index (χ3v) is 9.25. The van der Waals surface area contributed by atoms with E-state index in [-0.39, 0.29) is 30.1 Å². The molecule has 2 N–H and O–H groups in total. The summed E-state index contributed by atoms with van der Waals surface area (Å²) in [6.45, 7) is 9.95. The Morgan fingerprint density at radius 1 is 1.14 bits per heavy atom. The van der Waals surface area contributed by atoms with Crippen molar-refractivity contribution in [2.75, 3.05) is 65.1 Å². The van der Waals surface area contributed by atoms with Gasteiger partial charge >= 0.3 is 0 Å². The molecule has 2 aromatic carbocycles. The average molecular weight is 610 g/mol. The summed E-state index contributed by atoms with van der Waals surface area (Å²) in [5, 5.41) is 6.87. The lowest BCUT2D eigenvalue weighted by Crippen LogP contribution is -2.50. The van der Waals surface area contributed by atoms with Crippen molar-refractivity contribution in [3.63, 3.8) is 0 Å². The summed E-state index contributed by atoms with van der Waals surface area (Å²) in [4.78, 5) is 15.6. The van der Waals surface area contributed by atoms with Crippen molar-refractivity contribution in [2.45, 2.75) is 76.7 Å². The number of anilines is 1. The molecular weight excluding hydrogens is 558 g/mol. The zero-order chi connectivity index (χ0) is 30.9. The number of hydrogen-bond acceptors (Lipinski definition) is 8. The fraction of sp³-hybridized carbons (Fsp3) is 0.629. The number of rotatable bonds is 14. The Hall–Kier alpha value is -2.85. The van der Waals surface area contributed by atoms with Gasteiger partial charge in [0.05, 0.1) is 38.2 Å². The van der Waals surface area contributed by atoms with Gasteiger partial charge in [0.25, 0.3) is 0 Å². The van der Waals surface area contributed by atoms with Crippen molar-refractivity contribution in [3.05, 3.63) is 53.6 Å². The number of methoxy groups -OCH3 is 2. The minimum absolute atomic E-state index is 0.0128. The van der Waals surface area contributed by atoms with Gasteiger partial charge in [-0.15, -0.1) is 0 Å². The van der Waals surface area contributed by atoms with Crippen LogP contribution >= 0.6 is 0 Å². The van der Waals surface area contributed by atoms with Crippen LogP contribution in [-0.2, 0) is 25.6 Å². The topological polar surface area (TPSA) is 90.5 Å². The van der Waals surface area contributed by atoms with Crippen LogP contribution in [0, 0.1) is 5.41 Å². The second kappa shape index (κ2) is 15.4. The van der Waals surface area contributed by atoms with Gasteiger partial charge in [0, 0.05) is 57.3 Å². The third kappa shape index (κ3) is 8.44. The predicted octanol–water partition coefficient (Wildman–Crippen LogP) is 4.67. The number of amides is 1. The van der Waals surface area contributed by atoms with E-state index in [0.717, 1.165) is 81.2 Å². The van der Waals surface area contributed by atoms with E-state index < -0.39 is 5.41 Å². The average Bonchev–Trinajstić information content (AvgIpc) is 3.57. The molecule has 3 aliphatic rings. The molecule has 44 heavy (non-hydrogen) atoms. The molecule has 1 amide bonds. The van der Waals surface area contributed by atoms with E-state index in [4.69, 9.17) is 23.7 Å². The van der Waals surface area contributed by atoms with Crippen LogP contribution in [0.5, 0.6) is 11.5 Å². The molecule has 3 heterocycles. The van der Waals surface area contributed by atoms with Crippen LogP contribution < -0.4 is 25.0 Å². The Morgan fingerprint density at radius 2 is 1.98 bits per heavy atom. The molecule has 242 valence electrons. The molecule has 3 aliphatic heterocycles. The summed E-state index contributed by atoms with van der Waals surface area (Å²) < 4.78 is 29.0. The maximum atomic E-state index is 13.2. The van der Waals surface area contributed by atoms with E-state index in [1.807, 2.05) is 26.0 Å². The Bertz CT molecular complexity index is 1200. The number of hydrogen-bond donors (Lipinski definition) is 2. The summed E-state index contributed by atoms with van der Waals surface area (Å²) >= 11 is 0. The molecule has 2 fully saturated rings. The number of benzene rings is 2. The Kier molecular flexibility index (Phi) is 11.4. The number of ether oxygens (including phenoxy) is 5. The third-order valence-electron chi connectivity index (χ3n) is 9.25. The van der Waals surface area contributed by atoms with Gasteiger partial charge in [0.2, 0.25) is 5.91 Å². The summed E-state index contributed by atoms with van der Waals surface area (Å²) in [6, 6.07) is 14.9. The van der Waals surface area contributed by atoms with Crippen LogP contribution in [0.1, 0.15) is 63.0 Å². The van der Waals surface area contributed by atoms with Crippen LogP contribution in [0.25, 0.3) is 0 Å². The van der Waals surface area contributed by atoms with Gasteiger partial charge < -0.3 is 39.2 Å². The molecule has 0 saturated carbocycles. The number of fused-ring (bicyclic) bond motifs is 1. The van der Waals surface area contributed by atoms with E-state index in [2.05, 4.69) is 45.9 Å². The van der Waals surface area contributed by atoms with Gasteiger partial charge in [-0.2, -0.15) is 0 Å². The van der Waals surface area contributed by atoms with Gasteiger partial charge in [-0.25, -0.2) is 0 Å². The lowest BCUT2D eigenvalue weighted by Gasteiger charge is -2.40. The van der Waals surface area contributed by atoms with E-state index in [0.29, 0.717) is 26.3 Å². The van der Waals surface area contributed by atoms with Crippen LogP contribution in [0.15, 0.2) is 42.5 Å². The first-order valence-corrected chi connectivity index (χ1v) is 16.2. The second-order valence-corrected chi connectivity index (χ2v) is 13.0. The SMILES string of the molecule is COCCCN1CCOc2ccc(CO[C@H]3CN[C@H](CC(C)(C)C(=O)NCC4CCCO4)CC3c3ccc(OC)cc3)cc21. The zero-order valence-corrected chi connectivity index (χ0v) is 26.9. The molecule has 0 radical (unpaired) electrons. The quantitative estimate of drug-likeness (QED) is 0.299. The first-order chi connectivity index (χ1) is 21.4. The van der Waals surface area contributed by atoms with Crippen LogP contribution in [-0.4, -0.2) is 84.4 Å². The van der Waals surface area contributed by atoms with Gasteiger partial charge in [-0.1, -0.05) is 32.0 Å². The van der Waals surface area contributed by atoms with E-state index in [1.54, 1.807) is 14.2 Å². The molecule has 0 aliphatic carbocycles. The minimum Gasteiger partial charge on any atom is -0.497 e. The maximum Gasteiger partial charge on any atom is 0.225 e. The number of nitrogens with zero attached hydrogens (tertiary/aromatic N) is 1. The molecular formula is C35H51N3O6. The van der Waals surface area contributed by atoms with Crippen molar-refractivity contribution in [2.24, 2.45) is 5.41 Å². The maximum absolute atomic E-state index is 13.2. The highest BCUT2D eigenvalue weighted by atomic mass is 16.5. The summed E-state index contributed by atoms with van der Waals surface area (Å²) in [6.07, 6.45) is 4.81. The highest BCUT2D eigenvalue weighted by molar-refractivity contribution is 5.81. The van der Waals surface area contributed by atoms with Crippen molar-refractivity contribution in [1.29, 1.82) is 0 Å². The molecule has 5 rings (SSSR count). The van der Waals surface area contributed by atoms with Crippen molar-refractivity contribution in [1.82, 2.24) is 10.6 Å². The van der Waals surface area contributed by atoms with Crippen LogP contribution in [0.4, 0.5) is 5.69 Å². The summed E-state index contributed by atoms with van der Waals surface area (Å²) in [7, 11) is 3.44. The molecule has 2 unspecified atom stereocenters. The zero-order valence-electron chi connectivity index (χ0n) is 26.9. The molecule has 0 bridgehead atoms. The number of nitrogens with one attached hydrogen (secondary N) is 2. The first kappa shape index (κ1) is 32.5. The van der Waals surface area contributed by atoms with Gasteiger partial charge in [-0.3, -0.25) is 4.79 Å². The van der Waals surface area contributed by atoms with Crippen molar-refractivity contribution in [3.8, 4) is 11.5 Å². The van der Waals surface area contributed by atoms with Gasteiger partial charge in [0.15, 0.2) is 0 Å².